The number of aliphatic hydroxyl groups is 1. The monoisotopic (exact) mass is 295 g/mol. The molecule has 1 amide bonds. The summed E-state index contributed by atoms with van der Waals surface area (Å²) in [6, 6.07) is 4.41. The SMILES string of the molecule is CC(C)C(C)NC(=O)CC(CO)Cc1ccc(O)cc1O. The largest absolute Gasteiger partial charge is 0.508 e. The quantitative estimate of drug-likeness (QED) is 0.617. The van der Waals surface area contributed by atoms with E-state index in [-0.39, 0.29) is 42.4 Å². The molecule has 0 heterocycles. The molecule has 5 nitrogen and oxygen atoms in total. The minimum atomic E-state index is -0.264. The van der Waals surface area contributed by atoms with Gasteiger partial charge in [0.05, 0.1) is 0 Å². The summed E-state index contributed by atoms with van der Waals surface area (Å²) < 4.78 is 0. The zero-order valence-corrected chi connectivity index (χ0v) is 12.8. The van der Waals surface area contributed by atoms with Crippen LogP contribution in [0.25, 0.3) is 0 Å². The van der Waals surface area contributed by atoms with E-state index in [9.17, 15) is 20.1 Å². The van der Waals surface area contributed by atoms with Crippen LogP contribution in [0, 0.1) is 11.8 Å². The van der Waals surface area contributed by atoms with E-state index < -0.39 is 0 Å². The Morgan fingerprint density at radius 1 is 1.24 bits per heavy atom. The van der Waals surface area contributed by atoms with E-state index in [0.717, 1.165) is 0 Å². The van der Waals surface area contributed by atoms with E-state index in [1.807, 2.05) is 20.8 Å². The van der Waals surface area contributed by atoms with Crippen molar-refractivity contribution in [3.8, 4) is 11.5 Å². The molecule has 1 aromatic rings. The maximum Gasteiger partial charge on any atom is 0.220 e. The Bertz CT molecular complexity index is 473. The highest BCUT2D eigenvalue weighted by atomic mass is 16.3. The normalized spacial score (nSPS) is 14.0. The summed E-state index contributed by atoms with van der Waals surface area (Å²) in [6.45, 7) is 5.87. The zero-order chi connectivity index (χ0) is 16.0. The molecule has 2 atom stereocenters. The number of phenols is 2. The second kappa shape index (κ2) is 7.88. The molecule has 1 rings (SSSR count). The molecule has 118 valence electrons. The third kappa shape index (κ3) is 5.63. The molecule has 0 aliphatic heterocycles. The van der Waals surface area contributed by atoms with Crippen LogP contribution in [-0.4, -0.2) is 33.9 Å². The van der Waals surface area contributed by atoms with Gasteiger partial charge < -0.3 is 20.6 Å². The first-order chi connectivity index (χ1) is 9.83. The molecule has 0 saturated carbocycles. The molecule has 4 N–H and O–H groups in total. The van der Waals surface area contributed by atoms with E-state index in [2.05, 4.69) is 5.32 Å². The highest BCUT2D eigenvalue weighted by Gasteiger charge is 2.18. The Balaban J connectivity index is 2.61. The van der Waals surface area contributed by atoms with Gasteiger partial charge in [0.25, 0.3) is 0 Å². The first kappa shape index (κ1) is 17.3. The topological polar surface area (TPSA) is 89.8 Å². The fourth-order valence-electron chi connectivity index (χ4n) is 1.98. The molecule has 1 aromatic carbocycles. The maximum atomic E-state index is 11.9. The van der Waals surface area contributed by atoms with Gasteiger partial charge in [-0.1, -0.05) is 19.9 Å². The van der Waals surface area contributed by atoms with Crippen LogP contribution >= 0.6 is 0 Å². The highest BCUT2D eigenvalue weighted by Crippen LogP contribution is 2.25. The van der Waals surface area contributed by atoms with Crippen molar-refractivity contribution in [1.29, 1.82) is 0 Å². The standard InChI is InChI=1S/C16H25NO4/c1-10(2)11(3)17-16(21)7-12(9-18)6-13-4-5-14(19)8-15(13)20/h4-5,8,10-12,18-20H,6-7,9H2,1-3H3,(H,17,21). The van der Waals surface area contributed by atoms with Crippen LogP contribution in [0.3, 0.4) is 0 Å². The highest BCUT2D eigenvalue weighted by molar-refractivity contribution is 5.76. The van der Waals surface area contributed by atoms with Crippen molar-refractivity contribution in [3.63, 3.8) is 0 Å². The Labute approximate surface area is 125 Å². The summed E-state index contributed by atoms with van der Waals surface area (Å²) in [5.74, 6) is -0.0549. The van der Waals surface area contributed by atoms with Crippen LogP contribution in [0.15, 0.2) is 18.2 Å². The lowest BCUT2D eigenvalue weighted by Gasteiger charge is -2.20. The van der Waals surface area contributed by atoms with E-state index in [1.165, 1.54) is 12.1 Å². The van der Waals surface area contributed by atoms with Gasteiger partial charge in [0, 0.05) is 25.1 Å². The predicted molar refractivity (Wildman–Crippen MR) is 81.1 cm³/mol. The van der Waals surface area contributed by atoms with Gasteiger partial charge in [-0.05, 0) is 36.8 Å². The van der Waals surface area contributed by atoms with E-state index in [1.54, 1.807) is 6.07 Å². The summed E-state index contributed by atoms with van der Waals surface area (Å²) >= 11 is 0. The fraction of sp³-hybridized carbons (Fsp3) is 0.562. The minimum Gasteiger partial charge on any atom is -0.508 e. The second-order valence-corrected chi connectivity index (χ2v) is 5.87. The van der Waals surface area contributed by atoms with Gasteiger partial charge in [0.15, 0.2) is 0 Å². The lowest BCUT2D eigenvalue weighted by Crippen LogP contribution is -2.37. The van der Waals surface area contributed by atoms with Crippen LogP contribution in [0.5, 0.6) is 11.5 Å². The van der Waals surface area contributed by atoms with Crippen molar-refractivity contribution in [2.24, 2.45) is 11.8 Å². The van der Waals surface area contributed by atoms with Gasteiger partial charge in [0.1, 0.15) is 11.5 Å². The van der Waals surface area contributed by atoms with E-state index in [0.29, 0.717) is 17.9 Å². The molecule has 0 bridgehead atoms. The van der Waals surface area contributed by atoms with Gasteiger partial charge >= 0.3 is 0 Å². The fourth-order valence-corrected chi connectivity index (χ4v) is 1.98. The number of aliphatic hydroxyl groups excluding tert-OH is 1. The lowest BCUT2D eigenvalue weighted by molar-refractivity contribution is -0.123. The molecular weight excluding hydrogens is 270 g/mol. The summed E-state index contributed by atoms with van der Waals surface area (Å²) in [5, 5.41) is 31.3. The first-order valence-electron chi connectivity index (χ1n) is 7.24. The van der Waals surface area contributed by atoms with Gasteiger partial charge in [-0.15, -0.1) is 0 Å². The Kier molecular flexibility index (Phi) is 6.49. The van der Waals surface area contributed by atoms with Gasteiger partial charge in [-0.2, -0.15) is 0 Å². The van der Waals surface area contributed by atoms with Crippen LogP contribution in [0.2, 0.25) is 0 Å². The van der Waals surface area contributed by atoms with Crippen LogP contribution < -0.4 is 5.32 Å². The molecule has 5 heteroatoms. The second-order valence-electron chi connectivity index (χ2n) is 5.87. The third-order valence-electron chi connectivity index (χ3n) is 3.70. The van der Waals surface area contributed by atoms with Crippen LogP contribution in [0.4, 0.5) is 0 Å². The van der Waals surface area contributed by atoms with Crippen molar-refractivity contribution < 1.29 is 20.1 Å². The van der Waals surface area contributed by atoms with E-state index in [4.69, 9.17) is 0 Å². The first-order valence-corrected chi connectivity index (χ1v) is 7.24. The third-order valence-corrected chi connectivity index (χ3v) is 3.70. The summed E-state index contributed by atoms with van der Waals surface area (Å²) in [5.41, 5.74) is 0.608. The number of benzene rings is 1. The van der Waals surface area contributed by atoms with Crippen molar-refractivity contribution in [2.75, 3.05) is 6.61 Å². The van der Waals surface area contributed by atoms with Crippen LogP contribution in [-0.2, 0) is 11.2 Å². The zero-order valence-electron chi connectivity index (χ0n) is 12.8. The number of phenolic OH excluding ortho intramolecular Hbond substituents is 2. The molecule has 0 spiro atoms. The number of nitrogens with one attached hydrogen (secondary N) is 1. The predicted octanol–water partition coefficient (Wildman–Crippen LogP) is 1.80. The molecular formula is C16H25NO4. The summed E-state index contributed by atoms with van der Waals surface area (Å²) in [7, 11) is 0. The minimum absolute atomic E-state index is 0.0136. The number of hydrogen-bond donors (Lipinski definition) is 4. The maximum absolute atomic E-state index is 11.9. The Hall–Kier alpha value is -1.75. The molecule has 0 radical (unpaired) electrons. The van der Waals surface area contributed by atoms with Crippen molar-refractivity contribution >= 4 is 5.91 Å². The number of carbonyl (C=O) groups excluding carboxylic acids is 1. The Morgan fingerprint density at radius 2 is 1.90 bits per heavy atom. The number of carbonyl (C=O) groups is 1. The molecule has 21 heavy (non-hydrogen) atoms. The Morgan fingerprint density at radius 3 is 2.43 bits per heavy atom. The summed E-state index contributed by atoms with van der Waals surface area (Å²) in [6.07, 6.45) is 0.583. The van der Waals surface area contributed by atoms with Crippen LogP contribution in [0.1, 0.15) is 32.8 Å². The van der Waals surface area contributed by atoms with Crippen molar-refractivity contribution in [1.82, 2.24) is 5.32 Å². The van der Waals surface area contributed by atoms with Gasteiger partial charge in [-0.25, -0.2) is 0 Å². The van der Waals surface area contributed by atoms with Crippen molar-refractivity contribution in [2.45, 2.75) is 39.7 Å². The number of amides is 1. The van der Waals surface area contributed by atoms with Crippen molar-refractivity contribution in [3.05, 3.63) is 23.8 Å². The number of aromatic hydroxyl groups is 2. The molecule has 0 saturated heterocycles. The van der Waals surface area contributed by atoms with Gasteiger partial charge in [0.2, 0.25) is 5.91 Å². The van der Waals surface area contributed by atoms with Gasteiger partial charge in [-0.3, -0.25) is 4.79 Å². The average molecular weight is 295 g/mol. The molecule has 0 aliphatic rings. The smallest absolute Gasteiger partial charge is 0.220 e. The lowest BCUT2D eigenvalue weighted by atomic mass is 9.95. The van der Waals surface area contributed by atoms with E-state index >= 15 is 0 Å². The molecule has 0 aliphatic carbocycles. The summed E-state index contributed by atoms with van der Waals surface area (Å²) in [4.78, 5) is 11.9. The number of rotatable bonds is 7. The average Bonchev–Trinajstić information content (AvgIpc) is 2.40. The molecule has 0 aromatic heterocycles. The number of hydrogen-bond acceptors (Lipinski definition) is 4. The molecule has 2 unspecified atom stereocenters. The molecule has 0 fully saturated rings.